The number of likely N-dealkylation sites (tertiary alicyclic amines) is 1. The quantitative estimate of drug-likeness (QED) is 0.602. The SMILES string of the molecule is CC(C)(C)OC(=O)N1C[C@@H]2CN[C@@H]2C1.O=C(O)O. The maximum absolute atomic E-state index is 11.7. The molecule has 0 radical (unpaired) electrons. The molecular formula is C11H20N2O5. The predicted molar refractivity (Wildman–Crippen MR) is 63.7 cm³/mol. The minimum atomic E-state index is -1.83. The summed E-state index contributed by atoms with van der Waals surface area (Å²) >= 11 is 0. The number of carbonyl (C=O) groups is 2. The zero-order valence-electron chi connectivity index (χ0n) is 10.8. The minimum Gasteiger partial charge on any atom is -0.450 e. The van der Waals surface area contributed by atoms with Gasteiger partial charge < -0.3 is 25.2 Å². The third-order valence-corrected chi connectivity index (χ3v) is 2.73. The fourth-order valence-corrected chi connectivity index (χ4v) is 1.93. The lowest BCUT2D eigenvalue weighted by molar-refractivity contribution is 0.0290. The number of nitrogens with zero attached hydrogens (tertiary/aromatic N) is 1. The second-order valence-corrected chi connectivity index (χ2v) is 5.44. The molecule has 2 heterocycles. The Labute approximate surface area is 106 Å². The summed E-state index contributed by atoms with van der Waals surface area (Å²) in [5.74, 6) is 0.655. The maximum Gasteiger partial charge on any atom is 0.503 e. The second kappa shape index (κ2) is 5.43. The molecule has 0 unspecified atom stereocenters. The zero-order chi connectivity index (χ0) is 13.9. The highest BCUT2D eigenvalue weighted by Crippen LogP contribution is 2.24. The first kappa shape index (κ1) is 14.6. The molecule has 7 heteroatoms. The van der Waals surface area contributed by atoms with Crippen molar-refractivity contribution in [1.29, 1.82) is 0 Å². The van der Waals surface area contributed by atoms with Crippen molar-refractivity contribution in [3.05, 3.63) is 0 Å². The van der Waals surface area contributed by atoms with Crippen LogP contribution in [0.15, 0.2) is 0 Å². The van der Waals surface area contributed by atoms with Crippen LogP contribution in [-0.2, 0) is 4.74 Å². The van der Waals surface area contributed by atoms with Crippen LogP contribution in [0.4, 0.5) is 9.59 Å². The van der Waals surface area contributed by atoms with Gasteiger partial charge >= 0.3 is 12.2 Å². The molecule has 0 bridgehead atoms. The highest BCUT2D eigenvalue weighted by molar-refractivity contribution is 5.68. The van der Waals surface area contributed by atoms with Gasteiger partial charge in [0.2, 0.25) is 0 Å². The molecule has 2 aliphatic rings. The van der Waals surface area contributed by atoms with Crippen LogP contribution in [-0.4, -0.2) is 58.6 Å². The largest absolute Gasteiger partial charge is 0.503 e. The van der Waals surface area contributed by atoms with Crippen molar-refractivity contribution in [3.8, 4) is 0 Å². The van der Waals surface area contributed by atoms with E-state index in [1.807, 2.05) is 20.8 Å². The molecule has 0 aromatic heterocycles. The third-order valence-electron chi connectivity index (χ3n) is 2.73. The van der Waals surface area contributed by atoms with Gasteiger partial charge in [0.25, 0.3) is 0 Å². The lowest BCUT2D eigenvalue weighted by Gasteiger charge is -2.29. The van der Waals surface area contributed by atoms with E-state index >= 15 is 0 Å². The molecule has 0 aliphatic carbocycles. The molecule has 0 saturated carbocycles. The Morgan fingerprint density at radius 3 is 2.11 bits per heavy atom. The number of hydrogen-bond acceptors (Lipinski definition) is 4. The van der Waals surface area contributed by atoms with Gasteiger partial charge in [-0.1, -0.05) is 0 Å². The smallest absolute Gasteiger partial charge is 0.450 e. The Bertz CT molecular complexity index is 310. The normalized spacial score (nSPS) is 25.4. The van der Waals surface area contributed by atoms with Crippen molar-refractivity contribution in [3.63, 3.8) is 0 Å². The fourth-order valence-electron chi connectivity index (χ4n) is 1.93. The number of carboxylic acid groups (broad SMARTS) is 2. The van der Waals surface area contributed by atoms with E-state index in [-0.39, 0.29) is 11.7 Å². The highest BCUT2D eigenvalue weighted by Gasteiger charge is 2.41. The van der Waals surface area contributed by atoms with Crippen LogP contribution in [0.5, 0.6) is 0 Å². The molecule has 0 aromatic rings. The summed E-state index contributed by atoms with van der Waals surface area (Å²) in [5.41, 5.74) is -0.383. The summed E-state index contributed by atoms with van der Waals surface area (Å²) in [6, 6.07) is 0.516. The topological polar surface area (TPSA) is 99.1 Å². The van der Waals surface area contributed by atoms with E-state index in [2.05, 4.69) is 5.32 Å². The summed E-state index contributed by atoms with van der Waals surface area (Å²) in [6.45, 7) is 8.39. The fraction of sp³-hybridized carbons (Fsp3) is 0.818. The van der Waals surface area contributed by atoms with E-state index in [1.54, 1.807) is 4.90 Å². The van der Waals surface area contributed by atoms with E-state index in [0.29, 0.717) is 12.0 Å². The highest BCUT2D eigenvalue weighted by atomic mass is 16.6. The van der Waals surface area contributed by atoms with Gasteiger partial charge in [-0.3, -0.25) is 0 Å². The van der Waals surface area contributed by atoms with Gasteiger partial charge in [-0.15, -0.1) is 0 Å². The predicted octanol–water partition coefficient (Wildman–Crippen LogP) is 1.05. The van der Waals surface area contributed by atoms with E-state index < -0.39 is 6.16 Å². The molecule has 2 fully saturated rings. The van der Waals surface area contributed by atoms with Crippen LogP contribution >= 0.6 is 0 Å². The van der Waals surface area contributed by atoms with Crippen LogP contribution in [0, 0.1) is 5.92 Å². The Hall–Kier alpha value is -1.50. The van der Waals surface area contributed by atoms with E-state index in [4.69, 9.17) is 19.7 Å². The molecule has 1 amide bonds. The summed E-state index contributed by atoms with van der Waals surface area (Å²) in [5, 5.41) is 17.3. The van der Waals surface area contributed by atoms with Gasteiger partial charge in [-0.25, -0.2) is 9.59 Å². The maximum atomic E-state index is 11.7. The molecule has 2 saturated heterocycles. The molecule has 0 spiro atoms. The van der Waals surface area contributed by atoms with Crippen LogP contribution in [0.1, 0.15) is 20.8 Å². The molecular weight excluding hydrogens is 240 g/mol. The summed E-state index contributed by atoms with van der Waals surface area (Å²) in [7, 11) is 0. The molecule has 3 N–H and O–H groups in total. The number of rotatable bonds is 0. The van der Waals surface area contributed by atoms with Crippen molar-refractivity contribution >= 4 is 12.2 Å². The van der Waals surface area contributed by atoms with Crippen LogP contribution in [0.2, 0.25) is 0 Å². The molecule has 2 aliphatic heterocycles. The van der Waals surface area contributed by atoms with E-state index in [1.165, 1.54) is 0 Å². The average molecular weight is 260 g/mol. The molecule has 104 valence electrons. The average Bonchev–Trinajstić information content (AvgIpc) is 2.38. The third kappa shape index (κ3) is 4.40. The summed E-state index contributed by atoms with van der Waals surface area (Å²) < 4.78 is 5.31. The molecule has 7 nitrogen and oxygen atoms in total. The van der Waals surface area contributed by atoms with Crippen molar-refractivity contribution in [2.24, 2.45) is 5.92 Å². The van der Waals surface area contributed by atoms with Gasteiger partial charge in [0, 0.05) is 31.6 Å². The van der Waals surface area contributed by atoms with Crippen LogP contribution in [0.3, 0.4) is 0 Å². The Kier molecular flexibility index (Phi) is 4.39. The van der Waals surface area contributed by atoms with Crippen LogP contribution < -0.4 is 5.32 Å². The van der Waals surface area contributed by atoms with Crippen molar-refractivity contribution < 1.29 is 24.5 Å². The Morgan fingerprint density at radius 2 is 1.83 bits per heavy atom. The number of carbonyl (C=O) groups excluding carboxylic acids is 1. The van der Waals surface area contributed by atoms with Gasteiger partial charge in [-0.05, 0) is 20.8 Å². The lowest BCUT2D eigenvalue weighted by atomic mass is 9.96. The number of hydrogen-bond donors (Lipinski definition) is 3. The van der Waals surface area contributed by atoms with Gasteiger partial charge in [-0.2, -0.15) is 0 Å². The zero-order valence-corrected chi connectivity index (χ0v) is 10.8. The van der Waals surface area contributed by atoms with Gasteiger partial charge in [0.15, 0.2) is 0 Å². The van der Waals surface area contributed by atoms with E-state index in [9.17, 15) is 4.79 Å². The molecule has 18 heavy (non-hydrogen) atoms. The van der Waals surface area contributed by atoms with Crippen molar-refractivity contribution in [1.82, 2.24) is 10.2 Å². The molecule has 2 rings (SSSR count). The standard InChI is InChI=1S/C10H18N2O2.CH2O3/c1-10(2,3)14-9(13)12-5-7-4-11-8(7)6-12;2-1(3)4/h7-8,11H,4-6H2,1-3H3;(H2,2,3,4)/t7-,8+;/m0./s1. The first-order valence-corrected chi connectivity index (χ1v) is 5.82. The van der Waals surface area contributed by atoms with Gasteiger partial charge in [0.05, 0.1) is 0 Å². The second-order valence-electron chi connectivity index (χ2n) is 5.44. The molecule has 0 aromatic carbocycles. The molecule has 2 atom stereocenters. The van der Waals surface area contributed by atoms with E-state index in [0.717, 1.165) is 19.6 Å². The summed E-state index contributed by atoms with van der Waals surface area (Å²) in [6.07, 6.45) is -2.01. The number of ether oxygens (including phenoxy) is 1. The first-order chi connectivity index (χ1) is 8.19. The summed E-state index contributed by atoms with van der Waals surface area (Å²) in [4.78, 5) is 22.0. The number of fused-ring (bicyclic) bond motifs is 1. The first-order valence-electron chi connectivity index (χ1n) is 5.82. The van der Waals surface area contributed by atoms with Gasteiger partial charge in [0.1, 0.15) is 5.60 Å². The Balaban J connectivity index is 0.000000357. The number of nitrogens with one attached hydrogen (secondary N) is 1. The van der Waals surface area contributed by atoms with Crippen molar-refractivity contribution in [2.45, 2.75) is 32.4 Å². The van der Waals surface area contributed by atoms with Crippen LogP contribution in [0.25, 0.3) is 0 Å². The minimum absolute atomic E-state index is 0.172. The number of amides is 1. The monoisotopic (exact) mass is 260 g/mol. The Morgan fingerprint density at radius 1 is 1.28 bits per heavy atom. The van der Waals surface area contributed by atoms with Crippen molar-refractivity contribution in [2.75, 3.05) is 19.6 Å². The lowest BCUT2D eigenvalue weighted by Crippen LogP contribution is -2.51.